The number of nitrogens with one attached hydrogen (secondary N) is 2. The molecule has 7 heterocycles. The highest BCUT2D eigenvalue weighted by atomic mass is 16.5. The Morgan fingerprint density at radius 1 is 0.390 bits per heavy atom. The van der Waals surface area contributed by atoms with Gasteiger partial charge in [0.2, 0.25) is 0 Å². The molecule has 8 bridgehead atoms. The van der Waals surface area contributed by atoms with Gasteiger partial charge in [-0.05, 0) is 109 Å². The van der Waals surface area contributed by atoms with E-state index in [0.29, 0.717) is 132 Å². The van der Waals surface area contributed by atoms with E-state index >= 15 is 0 Å². The number of benzene rings is 4. The Hall–Kier alpha value is -7.06. The Morgan fingerprint density at radius 2 is 0.683 bits per heavy atom. The van der Waals surface area contributed by atoms with Gasteiger partial charge in [-0.25, -0.2) is 29.9 Å². The number of hydrogen-bond donors (Lipinski definition) is 2. The summed E-state index contributed by atoms with van der Waals surface area (Å²) in [5, 5.41) is 5.15. The molecule has 0 radical (unpaired) electrons. The van der Waals surface area contributed by atoms with Crippen LogP contribution >= 0.6 is 0 Å². The van der Waals surface area contributed by atoms with Crippen LogP contribution in [0.2, 0.25) is 0 Å². The predicted octanol–water partition coefficient (Wildman–Crippen LogP) is 18.0. The van der Waals surface area contributed by atoms with Crippen LogP contribution in [0, 0.1) is 23.7 Å². The highest BCUT2D eigenvalue weighted by Crippen LogP contribution is 2.44. The van der Waals surface area contributed by atoms with Crippen molar-refractivity contribution in [1.29, 1.82) is 0 Å². The molecule has 0 spiro atoms. The van der Waals surface area contributed by atoms with Gasteiger partial charge >= 0.3 is 0 Å². The summed E-state index contributed by atoms with van der Waals surface area (Å²) in [4.78, 5) is 40.0. The minimum absolute atomic E-state index is 0.407. The maximum absolute atomic E-state index is 6.89. The molecule has 0 fully saturated rings. The molecule has 4 aromatic heterocycles. The fourth-order valence-electron chi connectivity index (χ4n) is 11.8. The van der Waals surface area contributed by atoms with Crippen molar-refractivity contribution < 1.29 is 28.1 Å². The van der Waals surface area contributed by atoms with Crippen LogP contribution in [-0.4, -0.2) is 66.3 Å². The Labute approximate surface area is 483 Å². The summed E-state index contributed by atoms with van der Waals surface area (Å²) in [5.74, 6) is 6.41. The van der Waals surface area contributed by atoms with Gasteiger partial charge in [-0.1, -0.05) is 132 Å². The van der Waals surface area contributed by atoms with Gasteiger partial charge in [0, 0.05) is 54.6 Å². The van der Waals surface area contributed by atoms with E-state index in [1.165, 1.54) is 0 Å². The van der Waals surface area contributed by atoms with E-state index in [0.717, 1.165) is 168 Å². The number of furan rings is 1. The molecule has 4 atom stereocenters. The summed E-state index contributed by atoms with van der Waals surface area (Å²) in [6.07, 6.45) is 21.3. The van der Waals surface area contributed by atoms with Crippen molar-refractivity contribution in [2.24, 2.45) is 23.7 Å². The molecule has 82 heavy (non-hydrogen) atoms. The standard InChI is InChI=1S/C68H84N8O6/c1-9-17-21-41(13-5)33-79-57-29-53-54(30-58(57)80-34-42(14-6)22-18-10-2)66-72-62-51-27-47-39-78-40-48(47)28-52(51)64(70-62)74-68-56-32-60(82-36-44(16-8)24-20-12-4)59(81-35-43(15-7)23-19-11-3)31-55(56)67(76-68)73-63-50-26-46-38-77-37-45(46)25-49(50)61(69-63)71-65(53)75-66/h25-32,37-38,41-44H,9-24,33-36,39-40H2,1-8H3,(H2,69,70,71,72,73,74,75,76). The zero-order valence-electron chi connectivity index (χ0n) is 49.8. The van der Waals surface area contributed by atoms with E-state index < -0.39 is 0 Å². The van der Waals surface area contributed by atoms with E-state index in [1.807, 2.05) is 0 Å². The summed E-state index contributed by atoms with van der Waals surface area (Å²) in [6.45, 7) is 21.3. The van der Waals surface area contributed by atoms with Gasteiger partial charge in [0.15, 0.2) is 46.3 Å². The van der Waals surface area contributed by atoms with Crippen LogP contribution in [0.25, 0.3) is 100 Å². The van der Waals surface area contributed by atoms with Crippen LogP contribution in [0.3, 0.4) is 0 Å². The number of ether oxygens (including phenoxy) is 5. The van der Waals surface area contributed by atoms with E-state index in [1.54, 1.807) is 12.5 Å². The smallest absolute Gasteiger partial charge is 0.164 e. The number of fused-ring (bicyclic) bond motifs is 22. The number of H-pyrrole nitrogens is 2. The van der Waals surface area contributed by atoms with Crippen molar-refractivity contribution in [1.82, 2.24) is 39.9 Å². The molecule has 3 aliphatic rings. The lowest BCUT2D eigenvalue weighted by atomic mass is 10.0. The topological polar surface area (TPSA) is 168 Å². The number of rotatable bonds is 28. The van der Waals surface area contributed by atoms with E-state index in [2.05, 4.69) is 114 Å². The summed E-state index contributed by atoms with van der Waals surface area (Å²) in [5.41, 5.74) is 7.91. The first-order chi connectivity index (χ1) is 40.2. The van der Waals surface area contributed by atoms with Crippen molar-refractivity contribution in [3.8, 4) is 68.5 Å². The van der Waals surface area contributed by atoms with Gasteiger partial charge in [0.25, 0.3) is 0 Å². The number of unbranched alkanes of at least 4 members (excludes halogenated alkanes) is 4. The molecule has 11 rings (SSSR count). The lowest BCUT2D eigenvalue weighted by Gasteiger charge is -2.20. The van der Waals surface area contributed by atoms with Gasteiger partial charge in [-0.3, -0.25) is 0 Å². The number of aromatic amines is 2. The molecule has 14 nitrogen and oxygen atoms in total. The molecular formula is C68H84N8O6. The Kier molecular flexibility index (Phi) is 18.0. The normalized spacial score (nSPS) is 14.2. The van der Waals surface area contributed by atoms with Crippen molar-refractivity contribution in [3.05, 3.63) is 72.2 Å². The zero-order chi connectivity index (χ0) is 56.7. The first kappa shape index (κ1) is 56.8. The zero-order valence-corrected chi connectivity index (χ0v) is 49.8. The highest BCUT2D eigenvalue weighted by Gasteiger charge is 2.28. The van der Waals surface area contributed by atoms with E-state index in [9.17, 15) is 0 Å². The summed E-state index contributed by atoms with van der Waals surface area (Å²) in [6, 6.07) is 16.9. The average Bonchev–Trinajstić information content (AvgIpc) is 4.00. The second-order valence-electron chi connectivity index (χ2n) is 23.3. The fraction of sp³-hybridized carbons (Fsp3) is 0.500. The third kappa shape index (κ3) is 12.1. The lowest BCUT2D eigenvalue weighted by Crippen LogP contribution is -2.14. The fourth-order valence-corrected chi connectivity index (χ4v) is 11.8. The van der Waals surface area contributed by atoms with Crippen LogP contribution in [-0.2, 0) is 18.0 Å². The number of aromatic nitrogens is 8. The van der Waals surface area contributed by atoms with Crippen molar-refractivity contribution in [2.75, 3.05) is 26.4 Å². The summed E-state index contributed by atoms with van der Waals surface area (Å²) >= 11 is 0. The molecule has 3 aliphatic heterocycles. The number of nitrogens with zero attached hydrogens (tertiary/aromatic N) is 6. The molecule has 14 heteroatoms. The maximum atomic E-state index is 6.89. The molecule has 432 valence electrons. The summed E-state index contributed by atoms with van der Waals surface area (Å²) < 4.78 is 39.4. The molecule has 4 aromatic carbocycles. The second-order valence-corrected chi connectivity index (χ2v) is 23.3. The van der Waals surface area contributed by atoms with Gasteiger partial charge in [0.05, 0.1) is 52.2 Å². The van der Waals surface area contributed by atoms with Crippen LogP contribution < -0.4 is 18.9 Å². The molecule has 4 unspecified atom stereocenters. The minimum Gasteiger partial charge on any atom is -0.489 e. The van der Waals surface area contributed by atoms with Gasteiger partial charge in [-0.2, -0.15) is 0 Å². The maximum Gasteiger partial charge on any atom is 0.164 e. The van der Waals surface area contributed by atoms with Gasteiger partial charge in [0.1, 0.15) is 22.6 Å². The minimum atomic E-state index is 0.407. The monoisotopic (exact) mass is 1110 g/mol. The third-order valence-electron chi connectivity index (χ3n) is 17.5. The second kappa shape index (κ2) is 26.0. The summed E-state index contributed by atoms with van der Waals surface area (Å²) in [7, 11) is 0. The van der Waals surface area contributed by atoms with Gasteiger partial charge in [-0.15, -0.1) is 0 Å². The average molecular weight is 1110 g/mol. The van der Waals surface area contributed by atoms with E-state index in [4.69, 9.17) is 58.0 Å². The predicted molar refractivity (Wildman–Crippen MR) is 330 cm³/mol. The molecule has 0 saturated carbocycles. The first-order valence-corrected chi connectivity index (χ1v) is 31.2. The molecule has 8 aromatic rings. The highest BCUT2D eigenvalue weighted by molar-refractivity contribution is 6.08. The molecule has 0 amide bonds. The van der Waals surface area contributed by atoms with Crippen LogP contribution in [0.4, 0.5) is 0 Å². The van der Waals surface area contributed by atoms with Crippen LogP contribution in [0.15, 0.2) is 65.5 Å². The quantitative estimate of drug-likeness (QED) is 0.0477. The molecule has 0 aliphatic carbocycles. The first-order valence-electron chi connectivity index (χ1n) is 31.2. The van der Waals surface area contributed by atoms with Gasteiger partial charge < -0.3 is 38.1 Å². The Balaban J connectivity index is 1.18. The van der Waals surface area contributed by atoms with Crippen LogP contribution in [0.5, 0.6) is 23.0 Å². The SMILES string of the molecule is CCCCC(CC)COc1cc2c3nc4nc(nc5[nH]c(nc6nc(nc([nH]3)c2cc1OCC(CC)CCCC)-c1cc2cocc2cc1-6)c1cc(OCC(CC)CCCC)c(OCC(CC)CCCC)cc51)-c1cc2c(cc1-4)COC2. The third-order valence-corrected chi connectivity index (χ3v) is 17.5. The molecule has 0 saturated heterocycles. The lowest BCUT2D eigenvalue weighted by molar-refractivity contribution is 0.134. The van der Waals surface area contributed by atoms with E-state index in [-0.39, 0.29) is 0 Å². The van der Waals surface area contributed by atoms with Crippen molar-refractivity contribution in [3.63, 3.8) is 0 Å². The Morgan fingerprint density at radius 3 is 0.963 bits per heavy atom. The van der Waals surface area contributed by atoms with Crippen LogP contribution in [0.1, 0.15) is 169 Å². The Bertz CT molecular complexity index is 3480. The molecule has 2 N–H and O–H groups in total. The largest absolute Gasteiger partial charge is 0.489 e. The number of hydrogen-bond acceptors (Lipinski definition) is 12. The molecular weight excluding hydrogens is 1020 g/mol. The van der Waals surface area contributed by atoms with Crippen molar-refractivity contribution in [2.45, 2.75) is 171 Å². The van der Waals surface area contributed by atoms with Crippen molar-refractivity contribution >= 4 is 54.9 Å².